The molecule has 0 spiro atoms. The minimum absolute atomic E-state index is 0.00699. The van der Waals surface area contributed by atoms with Gasteiger partial charge in [0.1, 0.15) is 11.5 Å². The summed E-state index contributed by atoms with van der Waals surface area (Å²) in [6.07, 6.45) is 1.46. The number of benzene rings is 2. The predicted molar refractivity (Wildman–Crippen MR) is 110 cm³/mol. The Kier molecular flexibility index (Phi) is 6.73. The monoisotopic (exact) mass is 496 g/mol. The van der Waals surface area contributed by atoms with Crippen LogP contribution in [-0.2, 0) is 20.9 Å². The number of halogens is 3. The van der Waals surface area contributed by atoms with Crippen LogP contribution in [0.2, 0.25) is 5.02 Å². The number of ether oxygens (including phenoxy) is 2. The van der Waals surface area contributed by atoms with Crippen molar-refractivity contribution in [3.05, 3.63) is 68.5 Å². The molecule has 2 aromatic carbocycles. The highest BCUT2D eigenvalue weighted by Gasteiger charge is 2.33. The van der Waals surface area contributed by atoms with Crippen LogP contribution in [0.5, 0.6) is 5.75 Å². The number of carbonyl (C=O) groups is 3. The fourth-order valence-electron chi connectivity index (χ4n) is 2.64. The summed E-state index contributed by atoms with van der Waals surface area (Å²) in [6.45, 7) is -0.310. The van der Waals surface area contributed by atoms with Crippen molar-refractivity contribution in [3.63, 3.8) is 0 Å². The largest absolute Gasteiger partial charge is 0.479 e. The van der Waals surface area contributed by atoms with Gasteiger partial charge >= 0.3 is 12.0 Å². The van der Waals surface area contributed by atoms with Gasteiger partial charge < -0.3 is 14.8 Å². The summed E-state index contributed by atoms with van der Waals surface area (Å²) >= 11 is 9.52. The molecule has 0 atom stereocenters. The van der Waals surface area contributed by atoms with Gasteiger partial charge in [-0.2, -0.15) is 0 Å². The normalized spacial score (nSPS) is 14.8. The molecule has 3 rings (SSSR count). The number of nitrogens with one attached hydrogen (secondary N) is 1. The highest BCUT2D eigenvalue weighted by Crippen LogP contribution is 2.35. The standard InChI is InChI=1S/C20H15BrClFN2O5/c1-29-17(26)10-30-18-14(21)6-12(7-15(18)22)8-16-19(27)25(20(28)24-16)9-11-2-4-13(23)5-3-11/h2-8H,9-10H2,1H3,(H,24,28)/b16-8+. The lowest BCUT2D eigenvalue weighted by Gasteiger charge is -2.11. The van der Waals surface area contributed by atoms with Crippen molar-refractivity contribution < 1.29 is 28.2 Å². The number of esters is 1. The molecule has 1 heterocycles. The number of rotatable bonds is 6. The van der Waals surface area contributed by atoms with Crippen LogP contribution in [-0.4, -0.2) is 36.5 Å². The number of methoxy groups -OCH3 is 1. The average molecular weight is 498 g/mol. The maximum absolute atomic E-state index is 13.0. The van der Waals surface area contributed by atoms with Crippen molar-refractivity contribution in [1.82, 2.24) is 10.2 Å². The number of amides is 3. The topological polar surface area (TPSA) is 84.9 Å². The van der Waals surface area contributed by atoms with E-state index in [0.717, 1.165) is 4.90 Å². The van der Waals surface area contributed by atoms with Gasteiger partial charge in [-0.3, -0.25) is 9.69 Å². The van der Waals surface area contributed by atoms with Crippen LogP contribution in [0, 0.1) is 5.82 Å². The minimum atomic E-state index is -0.584. The second-order valence-corrected chi connectivity index (χ2v) is 7.45. The third-order valence-corrected chi connectivity index (χ3v) is 4.98. The average Bonchev–Trinajstić information content (AvgIpc) is 2.96. The Hall–Kier alpha value is -2.91. The second-order valence-electron chi connectivity index (χ2n) is 6.18. The third-order valence-electron chi connectivity index (χ3n) is 4.11. The lowest BCUT2D eigenvalue weighted by atomic mass is 10.1. The van der Waals surface area contributed by atoms with E-state index in [1.165, 1.54) is 43.5 Å². The zero-order valence-corrected chi connectivity index (χ0v) is 17.9. The molecule has 10 heteroatoms. The summed E-state index contributed by atoms with van der Waals surface area (Å²) < 4.78 is 23.3. The Morgan fingerprint density at radius 1 is 1.27 bits per heavy atom. The Morgan fingerprint density at radius 3 is 2.60 bits per heavy atom. The maximum atomic E-state index is 13.0. The van der Waals surface area contributed by atoms with Crippen LogP contribution in [0.1, 0.15) is 11.1 Å². The Balaban J connectivity index is 1.78. The molecule has 0 unspecified atom stereocenters. The molecule has 1 aliphatic rings. The Bertz CT molecular complexity index is 1020. The van der Waals surface area contributed by atoms with Crippen molar-refractivity contribution in [2.24, 2.45) is 0 Å². The summed E-state index contributed by atoms with van der Waals surface area (Å²) in [7, 11) is 1.24. The smallest absolute Gasteiger partial charge is 0.343 e. The molecule has 7 nitrogen and oxygen atoms in total. The van der Waals surface area contributed by atoms with Crippen LogP contribution in [0.3, 0.4) is 0 Å². The number of carbonyl (C=O) groups excluding carboxylic acids is 3. The van der Waals surface area contributed by atoms with E-state index in [1.807, 2.05) is 0 Å². The van der Waals surface area contributed by atoms with Crippen LogP contribution >= 0.6 is 27.5 Å². The van der Waals surface area contributed by atoms with Crippen molar-refractivity contribution in [2.75, 3.05) is 13.7 Å². The Morgan fingerprint density at radius 2 is 1.97 bits per heavy atom. The van der Waals surface area contributed by atoms with Gasteiger partial charge in [-0.25, -0.2) is 14.0 Å². The van der Waals surface area contributed by atoms with Gasteiger partial charge in [0.05, 0.1) is 23.1 Å². The molecule has 0 radical (unpaired) electrons. The highest BCUT2D eigenvalue weighted by molar-refractivity contribution is 9.10. The third kappa shape index (κ3) is 4.98. The number of imide groups is 1. The SMILES string of the molecule is COC(=O)COc1c(Cl)cc(/C=C2/NC(=O)N(Cc3ccc(F)cc3)C2=O)cc1Br. The summed E-state index contributed by atoms with van der Waals surface area (Å²) in [4.78, 5) is 37.1. The lowest BCUT2D eigenvalue weighted by molar-refractivity contribution is -0.142. The summed E-state index contributed by atoms with van der Waals surface area (Å²) in [5, 5.41) is 2.70. The molecule has 0 aromatic heterocycles. The molecule has 30 heavy (non-hydrogen) atoms. The summed E-state index contributed by atoms with van der Waals surface area (Å²) in [6, 6.07) is 8.07. The van der Waals surface area contributed by atoms with Gasteiger partial charge in [-0.05, 0) is 57.4 Å². The predicted octanol–water partition coefficient (Wildman–Crippen LogP) is 3.89. The number of hydrogen-bond acceptors (Lipinski definition) is 5. The van der Waals surface area contributed by atoms with E-state index in [-0.39, 0.29) is 29.6 Å². The summed E-state index contributed by atoms with van der Waals surface area (Å²) in [5.74, 6) is -1.26. The van der Waals surface area contributed by atoms with Crippen molar-refractivity contribution in [3.8, 4) is 5.75 Å². The van der Waals surface area contributed by atoms with E-state index in [9.17, 15) is 18.8 Å². The molecule has 1 N–H and O–H groups in total. The maximum Gasteiger partial charge on any atom is 0.343 e. The van der Waals surface area contributed by atoms with Gasteiger partial charge in [0.2, 0.25) is 0 Å². The van der Waals surface area contributed by atoms with Gasteiger partial charge in [0, 0.05) is 0 Å². The zero-order valence-electron chi connectivity index (χ0n) is 15.6. The van der Waals surface area contributed by atoms with Gasteiger partial charge in [-0.15, -0.1) is 0 Å². The van der Waals surface area contributed by atoms with E-state index in [4.69, 9.17) is 16.3 Å². The molecule has 0 saturated carbocycles. The fourth-order valence-corrected chi connectivity index (χ4v) is 3.63. The number of hydrogen-bond donors (Lipinski definition) is 1. The van der Waals surface area contributed by atoms with E-state index in [0.29, 0.717) is 15.6 Å². The van der Waals surface area contributed by atoms with Crippen LogP contribution in [0.15, 0.2) is 46.6 Å². The van der Waals surface area contributed by atoms with Gasteiger partial charge in [-0.1, -0.05) is 23.7 Å². The quantitative estimate of drug-likeness (QED) is 0.372. The lowest BCUT2D eigenvalue weighted by Crippen LogP contribution is -2.30. The second kappa shape index (κ2) is 9.27. The molecule has 1 saturated heterocycles. The Labute approximate surface area is 184 Å². The molecule has 0 bridgehead atoms. The van der Waals surface area contributed by atoms with Crippen LogP contribution < -0.4 is 10.1 Å². The van der Waals surface area contributed by atoms with Gasteiger partial charge in [0.15, 0.2) is 12.4 Å². The number of urea groups is 1. The van der Waals surface area contributed by atoms with Crippen LogP contribution in [0.25, 0.3) is 6.08 Å². The van der Waals surface area contributed by atoms with E-state index in [2.05, 4.69) is 26.0 Å². The molecule has 156 valence electrons. The molecule has 0 aliphatic carbocycles. The van der Waals surface area contributed by atoms with Crippen LogP contribution in [0.4, 0.5) is 9.18 Å². The molecule has 3 amide bonds. The van der Waals surface area contributed by atoms with Crippen molar-refractivity contribution in [1.29, 1.82) is 0 Å². The highest BCUT2D eigenvalue weighted by atomic mass is 79.9. The molecule has 1 aliphatic heterocycles. The fraction of sp³-hybridized carbons (Fsp3) is 0.150. The zero-order chi connectivity index (χ0) is 21.8. The molecular weight excluding hydrogens is 483 g/mol. The molecule has 2 aromatic rings. The first kappa shape index (κ1) is 21.8. The minimum Gasteiger partial charge on any atom is -0.479 e. The molecule has 1 fully saturated rings. The van der Waals surface area contributed by atoms with E-state index >= 15 is 0 Å². The first-order chi connectivity index (χ1) is 14.3. The number of nitrogens with zero attached hydrogens (tertiary/aromatic N) is 1. The van der Waals surface area contributed by atoms with Crippen molar-refractivity contribution >= 4 is 51.5 Å². The first-order valence-corrected chi connectivity index (χ1v) is 9.73. The summed E-state index contributed by atoms with van der Waals surface area (Å²) in [5.41, 5.74) is 1.19. The van der Waals surface area contributed by atoms with E-state index in [1.54, 1.807) is 6.07 Å². The van der Waals surface area contributed by atoms with E-state index < -0.39 is 23.7 Å². The van der Waals surface area contributed by atoms with Crippen molar-refractivity contribution in [2.45, 2.75) is 6.54 Å². The molecular formula is C20H15BrClFN2O5. The first-order valence-electron chi connectivity index (χ1n) is 8.56. The van der Waals surface area contributed by atoms with Gasteiger partial charge in [0.25, 0.3) is 5.91 Å².